The normalized spacial score (nSPS) is 11.6. The van der Waals surface area contributed by atoms with Crippen LogP contribution in [0.4, 0.5) is 0 Å². The minimum absolute atomic E-state index is 0.418. The maximum absolute atomic E-state index is 6.13. The zero-order chi connectivity index (χ0) is 61.3. The van der Waals surface area contributed by atoms with Gasteiger partial charge in [-0.1, -0.05) is 83.9 Å². The Kier molecular flexibility index (Phi) is 19.3. The first kappa shape index (κ1) is 60.9. The summed E-state index contributed by atoms with van der Waals surface area (Å²) in [5.41, 5.74) is 23.7. The number of aromatic nitrogens is 4. The Balaban J connectivity index is 0.538. The smallest absolute Gasteiger partial charge is 0.119 e. The van der Waals surface area contributed by atoms with Gasteiger partial charge in [-0.3, -0.25) is 0 Å². The zero-order valence-corrected chi connectivity index (χ0v) is 52.4. The fourth-order valence-electron chi connectivity index (χ4n) is 12.2. The van der Waals surface area contributed by atoms with Crippen LogP contribution in [-0.4, -0.2) is 99.2 Å². The molecule has 0 N–H and O–H groups in total. The van der Waals surface area contributed by atoms with E-state index in [0.29, 0.717) is 79.3 Å². The third-order valence-electron chi connectivity index (χ3n) is 16.0. The van der Waals surface area contributed by atoms with E-state index in [1.165, 1.54) is 44.5 Å². The molecule has 0 aliphatic heterocycles. The van der Waals surface area contributed by atoms with Crippen LogP contribution in [0.2, 0.25) is 0 Å². The van der Waals surface area contributed by atoms with E-state index in [9.17, 15) is 0 Å². The maximum Gasteiger partial charge on any atom is 0.119 e. The molecule has 7 aromatic carbocycles. The highest BCUT2D eigenvalue weighted by atomic mass is 16.6. The predicted molar refractivity (Wildman–Crippen MR) is 355 cm³/mol. The number of nitrogens with zero attached hydrogens (tertiary/aromatic N) is 4. The Morgan fingerprint density at radius 1 is 0.227 bits per heavy atom. The summed E-state index contributed by atoms with van der Waals surface area (Å²) < 4.78 is 47.1. The largest absolute Gasteiger partial charge is 0.491 e. The molecule has 0 atom stereocenters. The van der Waals surface area contributed by atoms with E-state index in [4.69, 9.17) is 57.8 Å². The third-order valence-corrected chi connectivity index (χ3v) is 16.0. The van der Waals surface area contributed by atoms with Crippen molar-refractivity contribution in [3.8, 4) is 68.0 Å². The summed E-state index contributed by atoms with van der Waals surface area (Å²) >= 11 is 0. The second-order valence-corrected chi connectivity index (χ2v) is 22.9. The molecule has 4 aromatic heterocycles. The predicted octanol–water partition coefficient (Wildman–Crippen LogP) is 16.6. The lowest BCUT2D eigenvalue weighted by Gasteiger charge is -2.15. The van der Waals surface area contributed by atoms with Crippen molar-refractivity contribution < 1.29 is 37.9 Å². The molecule has 4 heterocycles. The van der Waals surface area contributed by atoms with Crippen LogP contribution in [0, 0.1) is 69.2 Å². The molecule has 0 spiro atoms. The highest BCUT2D eigenvalue weighted by molar-refractivity contribution is 6.05. The Bertz CT molecular complexity index is 3950. The monoisotopic (exact) mass is 1170 g/mol. The van der Waals surface area contributed by atoms with Gasteiger partial charge in [0.1, 0.15) is 49.4 Å². The molecule has 0 saturated carbocycles. The molecule has 0 saturated heterocycles. The molecule has 0 unspecified atom stereocenters. The van der Waals surface area contributed by atoms with Crippen molar-refractivity contribution in [3.05, 3.63) is 201 Å². The summed E-state index contributed by atoms with van der Waals surface area (Å²) in [5.74, 6) is 3.08. The Morgan fingerprint density at radius 3 is 0.682 bits per heavy atom. The number of benzene rings is 7. The number of hydrogen-bond donors (Lipinski definition) is 0. The molecular weight excluding hydrogens is 1100 g/mol. The van der Waals surface area contributed by atoms with E-state index in [1.54, 1.807) is 0 Å². The first-order chi connectivity index (χ1) is 42.7. The molecule has 0 bridgehead atoms. The Hall–Kier alpha value is -8.78. The highest BCUT2D eigenvalue weighted by Gasteiger charge is 2.18. The second-order valence-electron chi connectivity index (χ2n) is 22.9. The van der Waals surface area contributed by atoms with Gasteiger partial charge in [0.15, 0.2) is 0 Å². The number of pyridine rings is 4. The van der Waals surface area contributed by atoms with Crippen molar-refractivity contribution in [1.29, 1.82) is 0 Å². The van der Waals surface area contributed by atoms with Crippen molar-refractivity contribution in [2.75, 3.05) is 79.3 Å². The van der Waals surface area contributed by atoms with Gasteiger partial charge >= 0.3 is 0 Å². The molecule has 0 fully saturated rings. The molecule has 0 amide bonds. The van der Waals surface area contributed by atoms with E-state index in [0.717, 1.165) is 123 Å². The first-order valence-electron chi connectivity index (χ1n) is 30.5. The molecule has 0 radical (unpaired) electrons. The van der Waals surface area contributed by atoms with Crippen LogP contribution >= 0.6 is 0 Å². The van der Waals surface area contributed by atoms with Gasteiger partial charge < -0.3 is 37.9 Å². The molecular formula is C76H78N4O8. The third kappa shape index (κ3) is 14.3. The second kappa shape index (κ2) is 27.9. The number of ether oxygens (including phenoxy) is 8. The van der Waals surface area contributed by atoms with Crippen LogP contribution in [0.3, 0.4) is 0 Å². The van der Waals surface area contributed by atoms with Crippen molar-refractivity contribution in [3.63, 3.8) is 0 Å². The average molecular weight is 1180 g/mol. The van der Waals surface area contributed by atoms with Gasteiger partial charge in [0, 0.05) is 43.8 Å². The summed E-state index contributed by atoms with van der Waals surface area (Å²) in [7, 11) is 0. The lowest BCUT2D eigenvalue weighted by molar-refractivity contribution is 0.0270. The molecule has 11 aromatic rings. The SMILES string of the molecule is Cc1cc(C)c(-c2ccc3ccc4ccc(-c5c(C)cc(OCCOCCOCCOc6ccc(OCCOCCOCCOc7cc(C)c(-c8ccc9ccc%10ccc(-c%11c(C)cc(C)cc%11C)nc%10c9n8)c(C)c7)cc6)cc5C)nc4c3n2)c(C)c1. The molecule has 0 aliphatic carbocycles. The molecule has 88 heavy (non-hydrogen) atoms. The zero-order valence-electron chi connectivity index (χ0n) is 52.4. The lowest BCUT2D eigenvalue weighted by atomic mass is 9.96. The van der Waals surface area contributed by atoms with Crippen LogP contribution in [0.1, 0.15) is 55.6 Å². The van der Waals surface area contributed by atoms with E-state index < -0.39 is 0 Å². The van der Waals surface area contributed by atoms with E-state index in [1.807, 2.05) is 24.3 Å². The van der Waals surface area contributed by atoms with Gasteiger partial charge in [0.05, 0.1) is 97.7 Å². The number of hydrogen-bond acceptors (Lipinski definition) is 12. The van der Waals surface area contributed by atoms with Gasteiger partial charge in [-0.2, -0.15) is 0 Å². The molecule has 0 aliphatic rings. The van der Waals surface area contributed by atoms with Crippen molar-refractivity contribution >= 4 is 43.6 Å². The van der Waals surface area contributed by atoms with Crippen LogP contribution in [-0.2, 0) is 18.9 Å². The van der Waals surface area contributed by atoms with Gasteiger partial charge in [-0.25, -0.2) is 19.9 Å². The molecule has 11 rings (SSSR count). The Labute approximate surface area is 516 Å². The lowest BCUT2D eigenvalue weighted by Crippen LogP contribution is -2.14. The highest BCUT2D eigenvalue weighted by Crippen LogP contribution is 2.37. The van der Waals surface area contributed by atoms with E-state index >= 15 is 0 Å². The van der Waals surface area contributed by atoms with Crippen LogP contribution in [0.25, 0.3) is 88.6 Å². The number of aryl methyl sites for hydroxylation is 10. The van der Waals surface area contributed by atoms with Crippen molar-refractivity contribution in [2.24, 2.45) is 0 Å². The summed E-state index contributed by atoms with van der Waals surface area (Å²) in [6.45, 7) is 26.6. The van der Waals surface area contributed by atoms with Crippen LogP contribution < -0.4 is 18.9 Å². The van der Waals surface area contributed by atoms with Gasteiger partial charge in [-0.15, -0.1) is 0 Å². The number of rotatable bonds is 26. The summed E-state index contributed by atoms with van der Waals surface area (Å²) in [4.78, 5) is 21.0. The average Bonchev–Trinajstić information content (AvgIpc) is 3.62. The first-order valence-corrected chi connectivity index (χ1v) is 30.5. The van der Waals surface area contributed by atoms with Crippen LogP contribution in [0.15, 0.2) is 146 Å². The standard InChI is InChI=1S/C76H78N4O8/c1-47-39-49(3)69(50(4)40-47)65-23-15-57-11-13-59-17-25-67(79-75(59)73(57)77-65)71-53(7)43-63(44-54(71)8)87-37-33-83-29-27-81-31-35-85-61-19-21-62(22-20-61)86-36-32-82-28-30-84-34-38-88-64-45-55(9)72(56(10)46-64)68-26-18-60-14-12-58-16-24-66(78-74(58)76(60)80-68)70-51(5)41-48(2)42-52(70)6/h11-26,39-46H,27-38H2,1-10H3. The fraction of sp³-hybridized carbons (Fsp3) is 0.289. The van der Waals surface area contributed by atoms with Gasteiger partial charge in [-0.05, 0) is 187 Å². The molecule has 12 nitrogen and oxygen atoms in total. The summed E-state index contributed by atoms with van der Waals surface area (Å²) in [5, 5.41) is 4.26. The fourth-order valence-corrected chi connectivity index (χ4v) is 12.2. The van der Waals surface area contributed by atoms with Crippen molar-refractivity contribution in [1.82, 2.24) is 19.9 Å². The molecule has 12 heteroatoms. The Morgan fingerprint density at radius 2 is 0.432 bits per heavy atom. The minimum atomic E-state index is 0.418. The minimum Gasteiger partial charge on any atom is -0.491 e. The quantitative estimate of drug-likeness (QED) is 0.0378. The van der Waals surface area contributed by atoms with Gasteiger partial charge in [0.2, 0.25) is 0 Å². The van der Waals surface area contributed by atoms with Gasteiger partial charge in [0.25, 0.3) is 0 Å². The van der Waals surface area contributed by atoms with E-state index in [2.05, 4.69) is 191 Å². The van der Waals surface area contributed by atoms with E-state index in [-0.39, 0.29) is 0 Å². The summed E-state index contributed by atoms with van der Waals surface area (Å²) in [6, 6.07) is 50.3. The summed E-state index contributed by atoms with van der Waals surface area (Å²) in [6.07, 6.45) is 0. The number of fused-ring (bicyclic) bond motifs is 6. The maximum atomic E-state index is 6.13. The topological polar surface area (TPSA) is 125 Å². The molecule has 450 valence electrons. The van der Waals surface area contributed by atoms with Crippen molar-refractivity contribution in [2.45, 2.75) is 69.2 Å². The van der Waals surface area contributed by atoms with Crippen LogP contribution in [0.5, 0.6) is 23.0 Å².